The lowest BCUT2D eigenvalue weighted by atomic mass is 9.97. The third kappa shape index (κ3) is 5.70. The number of pyridine rings is 1. The first-order valence-electron chi connectivity index (χ1n) is 12.7. The Kier molecular flexibility index (Phi) is 7.36. The van der Waals surface area contributed by atoms with E-state index in [-0.39, 0.29) is 11.1 Å². The molecule has 2 fully saturated rings. The van der Waals surface area contributed by atoms with E-state index in [9.17, 15) is 14.0 Å². The van der Waals surface area contributed by atoms with Crippen LogP contribution in [0.2, 0.25) is 0 Å². The molecule has 2 amide bonds. The summed E-state index contributed by atoms with van der Waals surface area (Å²) in [5.41, 5.74) is 3.02. The van der Waals surface area contributed by atoms with Crippen molar-refractivity contribution in [2.24, 2.45) is 5.92 Å². The summed E-state index contributed by atoms with van der Waals surface area (Å²) in [6.45, 7) is 2.84. The molecular formula is C28H25FN6O2S2. The van der Waals surface area contributed by atoms with Crippen molar-refractivity contribution in [1.29, 1.82) is 0 Å². The Morgan fingerprint density at radius 2 is 2.00 bits per heavy atom. The third-order valence-electron chi connectivity index (χ3n) is 6.92. The molecule has 0 spiro atoms. The number of thiophene rings is 1. The summed E-state index contributed by atoms with van der Waals surface area (Å²) in [6, 6.07) is 11.8. The number of thioether (sulfide) groups is 1. The van der Waals surface area contributed by atoms with E-state index in [0.717, 1.165) is 60.9 Å². The topological polar surface area (TPSA) is 100 Å². The standard InChI is InChI=1S/C28H25FN6O2S2/c29-22-15-32-23(21-16-38-24-4-2-1-3-20(21)24)11-18(22)14-30-13-17-6-9-35(10-7-17)27-31-8-5-19(33-27)12-25-26(36)34-28(37)39-25/h1-5,8,11-12,15-17,30H,6-7,9-10,13-14H2,(H,34,36,37)/b25-12+. The molecule has 1 aromatic carbocycles. The lowest BCUT2D eigenvalue weighted by molar-refractivity contribution is -0.115. The Hall–Kier alpha value is -3.67. The van der Waals surface area contributed by atoms with Crippen LogP contribution in [0.1, 0.15) is 24.1 Å². The van der Waals surface area contributed by atoms with Gasteiger partial charge in [0.15, 0.2) is 0 Å². The molecule has 2 aliphatic heterocycles. The minimum Gasteiger partial charge on any atom is -0.341 e. The molecule has 5 heterocycles. The Balaban J connectivity index is 1.03. The third-order valence-corrected chi connectivity index (χ3v) is 8.70. The number of hydrogen-bond acceptors (Lipinski definition) is 9. The van der Waals surface area contributed by atoms with Crippen molar-refractivity contribution >= 4 is 56.4 Å². The van der Waals surface area contributed by atoms with Gasteiger partial charge in [0.05, 0.1) is 22.5 Å². The van der Waals surface area contributed by atoms with Crippen LogP contribution in [-0.2, 0) is 11.3 Å². The molecule has 0 unspecified atom stereocenters. The predicted octanol–water partition coefficient (Wildman–Crippen LogP) is 5.22. The second kappa shape index (κ2) is 11.2. The molecule has 2 aliphatic rings. The van der Waals surface area contributed by atoms with E-state index < -0.39 is 5.91 Å². The van der Waals surface area contributed by atoms with Crippen LogP contribution >= 0.6 is 23.1 Å². The average molecular weight is 561 g/mol. The number of anilines is 1. The van der Waals surface area contributed by atoms with Gasteiger partial charge >= 0.3 is 0 Å². The van der Waals surface area contributed by atoms with Gasteiger partial charge in [0, 0.05) is 52.4 Å². The highest BCUT2D eigenvalue weighted by Gasteiger charge is 2.26. The fourth-order valence-electron chi connectivity index (χ4n) is 4.84. The molecule has 4 aromatic rings. The van der Waals surface area contributed by atoms with Crippen LogP contribution in [0.15, 0.2) is 59.1 Å². The lowest BCUT2D eigenvalue weighted by Crippen LogP contribution is -2.38. The molecule has 3 aromatic heterocycles. The Morgan fingerprint density at radius 1 is 1.15 bits per heavy atom. The van der Waals surface area contributed by atoms with Crippen molar-refractivity contribution < 1.29 is 14.0 Å². The minimum absolute atomic E-state index is 0.301. The van der Waals surface area contributed by atoms with Gasteiger partial charge in [-0.3, -0.25) is 19.9 Å². The zero-order chi connectivity index (χ0) is 26.8. The summed E-state index contributed by atoms with van der Waals surface area (Å²) in [5, 5.41) is 8.53. The highest BCUT2D eigenvalue weighted by molar-refractivity contribution is 8.18. The summed E-state index contributed by atoms with van der Waals surface area (Å²) >= 11 is 2.54. The summed E-state index contributed by atoms with van der Waals surface area (Å²) < 4.78 is 15.8. The zero-order valence-electron chi connectivity index (χ0n) is 20.9. The van der Waals surface area contributed by atoms with Gasteiger partial charge in [0.25, 0.3) is 11.1 Å². The van der Waals surface area contributed by atoms with Crippen molar-refractivity contribution in [3.8, 4) is 11.3 Å². The van der Waals surface area contributed by atoms with E-state index >= 15 is 0 Å². The number of piperidine rings is 1. The molecule has 198 valence electrons. The van der Waals surface area contributed by atoms with Gasteiger partial charge in [-0.1, -0.05) is 18.2 Å². The summed E-state index contributed by atoms with van der Waals surface area (Å²) in [4.78, 5) is 39.0. The highest BCUT2D eigenvalue weighted by Crippen LogP contribution is 2.33. The Morgan fingerprint density at radius 3 is 2.82 bits per heavy atom. The lowest BCUT2D eigenvalue weighted by Gasteiger charge is -2.32. The number of carbonyl (C=O) groups is 2. The average Bonchev–Trinajstić information content (AvgIpc) is 3.52. The maximum absolute atomic E-state index is 14.6. The smallest absolute Gasteiger partial charge is 0.290 e. The molecule has 0 aliphatic carbocycles. The number of amides is 2. The molecule has 39 heavy (non-hydrogen) atoms. The van der Waals surface area contributed by atoms with Crippen LogP contribution in [0.4, 0.5) is 15.1 Å². The monoisotopic (exact) mass is 560 g/mol. The summed E-state index contributed by atoms with van der Waals surface area (Å²) in [5.74, 6) is 0.367. The summed E-state index contributed by atoms with van der Waals surface area (Å²) in [7, 11) is 0. The largest absolute Gasteiger partial charge is 0.341 e. The second-order valence-electron chi connectivity index (χ2n) is 9.50. The number of rotatable bonds is 7. The quantitative estimate of drug-likeness (QED) is 0.297. The van der Waals surface area contributed by atoms with Crippen LogP contribution in [-0.4, -0.2) is 45.7 Å². The maximum Gasteiger partial charge on any atom is 0.290 e. The molecule has 0 bridgehead atoms. The van der Waals surface area contributed by atoms with E-state index in [1.165, 1.54) is 10.9 Å². The number of nitrogens with one attached hydrogen (secondary N) is 2. The molecule has 11 heteroatoms. The molecule has 6 rings (SSSR count). The van der Waals surface area contributed by atoms with Crippen molar-refractivity contribution in [2.75, 3.05) is 24.5 Å². The first-order chi connectivity index (χ1) is 19.0. The number of halogens is 1. The van der Waals surface area contributed by atoms with Crippen molar-refractivity contribution in [3.63, 3.8) is 0 Å². The predicted molar refractivity (Wildman–Crippen MR) is 153 cm³/mol. The molecule has 0 saturated carbocycles. The molecule has 0 radical (unpaired) electrons. The first-order valence-corrected chi connectivity index (χ1v) is 14.4. The van der Waals surface area contributed by atoms with Crippen LogP contribution in [0, 0.1) is 11.7 Å². The van der Waals surface area contributed by atoms with E-state index in [4.69, 9.17) is 0 Å². The fourth-order valence-corrected chi connectivity index (χ4v) is 6.46. The number of hydrogen-bond donors (Lipinski definition) is 2. The van der Waals surface area contributed by atoms with Gasteiger partial charge in [-0.25, -0.2) is 14.4 Å². The number of fused-ring (bicyclic) bond motifs is 1. The molecule has 2 saturated heterocycles. The number of imide groups is 1. The van der Waals surface area contributed by atoms with Gasteiger partial charge in [-0.15, -0.1) is 11.3 Å². The number of benzene rings is 1. The highest BCUT2D eigenvalue weighted by atomic mass is 32.2. The zero-order valence-corrected chi connectivity index (χ0v) is 22.5. The Bertz CT molecular complexity index is 1580. The van der Waals surface area contributed by atoms with Crippen molar-refractivity contribution in [1.82, 2.24) is 25.6 Å². The van der Waals surface area contributed by atoms with Gasteiger partial charge in [-0.2, -0.15) is 0 Å². The number of carbonyl (C=O) groups excluding carboxylic acids is 2. The van der Waals surface area contributed by atoms with Gasteiger partial charge in [0.2, 0.25) is 5.95 Å². The van der Waals surface area contributed by atoms with Crippen LogP contribution < -0.4 is 15.5 Å². The van der Waals surface area contributed by atoms with Crippen LogP contribution in [0.25, 0.3) is 27.4 Å². The van der Waals surface area contributed by atoms with E-state index in [1.54, 1.807) is 29.7 Å². The molecule has 0 atom stereocenters. The van der Waals surface area contributed by atoms with E-state index in [0.29, 0.717) is 34.6 Å². The van der Waals surface area contributed by atoms with Crippen molar-refractivity contribution in [2.45, 2.75) is 19.4 Å². The Labute approximate surface area is 232 Å². The first kappa shape index (κ1) is 25.6. The van der Waals surface area contributed by atoms with E-state index in [1.807, 2.05) is 18.2 Å². The maximum atomic E-state index is 14.6. The van der Waals surface area contributed by atoms with Gasteiger partial charge in [0.1, 0.15) is 5.82 Å². The van der Waals surface area contributed by atoms with E-state index in [2.05, 4.69) is 48.0 Å². The second-order valence-corrected chi connectivity index (χ2v) is 11.4. The van der Waals surface area contributed by atoms with Gasteiger partial charge in [-0.05, 0) is 61.3 Å². The van der Waals surface area contributed by atoms with Crippen molar-refractivity contribution in [3.05, 3.63) is 76.2 Å². The minimum atomic E-state index is -0.402. The molecule has 8 nitrogen and oxygen atoms in total. The van der Waals surface area contributed by atoms with Gasteiger partial charge < -0.3 is 10.2 Å². The fraction of sp³-hybridized carbons (Fsp3) is 0.250. The van der Waals surface area contributed by atoms with Crippen LogP contribution in [0.3, 0.4) is 0 Å². The SMILES string of the molecule is O=C1NC(=O)/C(=C\c2ccnc(N3CCC(CNCc4cc(-c5csc6ccccc56)ncc4F)CC3)n2)S1. The number of nitrogens with zero attached hydrogens (tertiary/aromatic N) is 4. The number of aromatic nitrogens is 3. The normalized spacial score (nSPS) is 17.4. The summed E-state index contributed by atoms with van der Waals surface area (Å²) in [6.07, 6.45) is 6.51. The van der Waals surface area contributed by atoms with Crippen LogP contribution in [0.5, 0.6) is 0 Å². The molecular weight excluding hydrogens is 535 g/mol. The molecule has 2 N–H and O–H groups in total.